The molecule has 0 aromatic heterocycles. The summed E-state index contributed by atoms with van der Waals surface area (Å²) >= 11 is 9.00. The Morgan fingerprint density at radius 2 is 2.00 bits per heavy atom. The zero-order valence-corrected chi connectivity index (χ0v) is 8.24. The fraction of sp³-hybridized carbons (Fsp3) is 1.00. The average Bonchev–Trinajstić information content (AvgIpc) is 2.20. The van der Waals surface area contributed by atoms with Gasteiger partial charge >= 0.3 is 0 Å². The van der Waals surface area contributed by atoms with Crippen LogP contribution in [0.15, 0.2) is 0 Å². The maximum atomic E-state index is 4.54. The standard InChI is InChI=1S/C8H16S2/c1-2-3-6-4-5-7(9)8(6)10/h6-10H,2-5H2,1H3. The quantitative estimate of drug-likeness (QED) is 0.594. The lowest BCUT2D eigenvalue weighted by Gasteiger charge is -2.15. The maximum absolute atomic E-state index is 4.54. The first-order chi connectivity index (χ1) is 4.75. The second-order valence-electron chi connectivity index (χ2n) is 3.18. The molecule has 0 bridgehead atoms. The van der Waals surface area contributed by atoms with E-state index in [4.69, 9.17) is 0 Å². The number of hydrogen-bond donors (Lipinski definition) is 2. The van der Waals surface area contributed by atoms with Crippen molar-refractivity contribution >= 4 is 25.3 Å². The van der Waals surface area contributed by atoms with Crippen LogP contribution in [0.1, 0.15) is 32.6 Å². The maximum Gasteiger partial charge on any atom is 0.0162 e. The predicted molar refractivity (Wildman–Crippen MR) is 53.2 cm³/mol. The Morgan fingerprint density at radius 1 is 1.30 bits per heavy atom. The normalized spacial score (nSPS) is 40.5. The molecule has 0 aliphatic heterocycles. The highest BCUT2D eigenvalue weighted by Crippen LogP contribution is 2.36. The van der Waals surface area contributed by atoms with E-state index in [1.165, 1.54) is 25.7 Å². The van der Waals surface area contributed by atoms with E-state index in [-0.39, 0.29) is 0 Å². The van der Waals surface area contributed by atoms with Crippen molar-refractivity contribution in [1.82, 2.24) is 0 Å². The van der Waals surface area contributed by atoms with Gasteiger partial charge in [0.25, 0.3) is 0 Å². The van der Waals surface area contributed by atoms with Crippen molar-refractivity contribution in [2.75, 3.05) is 0 Å². The smallest absolute Gasteiger partial charge is 0.0162 e. The Labute approximate surface area is 74.6 Å². The van der Waals surface area contributed by atoms with Gasteiger partial charge in [-0.1, -0.05) is 13.3 Å². The molecule has 0 nitrogen and oxygen atoms in total. The van der Waals surface area contributed by atoms with Crippen molar-refractivity contribution in [2.45, 2.75) is 43.1 Å². The van der Waals surface area contributed by atoms with Crippen molar-refractivity contribution in [1.29, 1.82) is 0 Å². The molecule has 10 heavy (non-hydrogen) atoms. The molecule has 0 N–H and O–H groups in total. The molecule has 1 rings (SSSR count). The second-order valence-corrected chi connectivity index (χ2v) is 4.44. The van der Waals surface area contributed by atoms with Gasteiger partial charge in [0.05, 0.1) is 0 Å². The van der Waals surface area contributed by atoms with Gasteiger partial charge in [-0.15, -0.1) is 0 Å². The first kappa shape index (κ1) is 8.79. The Morgan fingerprint density at radius 3 is 2.40 bits per heavy atom. The highest BCUT2D eigenvalue weighted by molar-refractivity contribution is 7.85. The lowest BCUT2D eigenvalue weighted by molar-refractivity contribution is 0.508. The molecule has 0 aromatic carbocycles. The fourth-order valence-electron chi connectivity index (χ4n) is 1.73. The molecule has 3 atom stereocenters. The molecule has 2 heteroatoms. The van der Waals surface area contributed by atoms with E-state index in [0.717, 1.165) is 5.92 Å². The van der Waals surface area contributed by atoms with Gasteiger partial charge in [-0.3, -0.25) is 0 Å². The van der Waals surface area contributed by atoms with Crippen LogP contribution in [0.2, 0.25) is 0 Å². The monoisotopic (exact) mass is 176 g/mol. The second kappa shape index (κ2) is 3.91. The summed E-state index contributed by atoms with van der Waals surface area (Å²) in [5, 5.41) is 1.11. The lowest BCUT2D eigenvalue weighted by Crippen LogP contribution is -2.14. The topological polar surface area (TPSA) is 0 Å². The minimum absolute atomic E-state index is 0.555. The minimum Gasteiger partial charge on any atom is -0.175 e. The minimum atomic E-state index is 0.555. The zero-order valence-electron chi connectivity index (χ0n) is 6.45. The van der Waals surface area contributed by atoms with E-state index in [9.17, 15) is 0 Å². The van der Waals surface area contributed by atoms with E-state index in [0.29, 0.717) is 10.5 Å². The third kappa shape index (κ3) is 1.85. The fourth-order valence-corrected chi connectivity index (χ4v) is 2.57. The van der Waals surface area contributed by atoms with E-state index in [2.05, 4.69) is 32.2 Å². The van der Waals surface area contributed by atoms with Crippen LogP contribution in [0.4, 0.5) is 0 Å². The van der Waals surface area contributed by atoms with Crippen LogP contribution in [0, 0.1) is 5.92 Å². The summed E-state index contributed by atoms with van der Waals surface area (Å²) in [5.74, 6) is 0.843. The van der Waals surface area contributed by atoms with Gasteiger partial charge in [0.15, 0.2) is 0 Å². The van der Waals surface area contributed by atoms with Gasteiger partial charge in [0.2, 0.25) is 0 Å². The summed E-state index contributed by atoms with van der Waals surface area (Å²) in [5.41, 5.74) is 0. The Hall–Kier alpha value is 0.700. The summed E-state index contributed by atoms with van der Waals surface area (Å²) in [4.78, 5) is 0. The van der Waals surface area contributed by atoms with E-state index in [1.54, 1.807) is 0 Å². The first-order valence-electron chi connectivity index (χ1n) is 4.11. The molecule has 0 aromatic rings. The van der Waals surface area contributed by atoms with Crippen molar-refractivity contribution in [3.63, 3.8) is 0 Å². The Kier molecular flexibility index (Phi) is 3.44. The summed E-state index contributed by atoms with van der Waals surface area (Å²) in [7, 11) is 0. The van der Waals surface area contributed by atoms with Crippen LogP contribution in [0.3, 0.4) is 0 Å². The molecule has 0 spiro atoms. The molecule has 0 radical (unpaired) electrons. The zero-order chi connectivity index (χ0) is 7.56. The lowest BCUT2D eigenvalue weighted by atomic mass is 10.0. The van der Waals surface area contributed by atoms with Gasteiger partial charge < -0.3 is 0 Å². The highest BCUT2D eigenvalue weighted by atomic mass is 32.1. The van der Waals surface area contributed by atoms with Gasteiger partial charge in [-0.25, -0.2) is 0 Å². The molecule has 1 aliphatic rings. The van der Waals surface area contributed by atoms with E-state index in [1.807, 2.05) is 0 Å². The molecule has 60 valence electrons. The van der Waals surface area contributed by atoms with Crippen LogP contribution in [0.25, 0.3) is 0 Å². The molecular formula is C8H16S2. The van der Waals surface area contributed by atoms with Crippen LogP contribution in [-0.2, 0) is 0 Å². The highest BCUT2D eigenvalue weighted by Gasteiger charge is 2.30. The number of rotatable bonds is 2. The van der Waals surface area contributed by atoms with Gasteiger partial charge in [-0.2, -0.15) is 25.3 Å². The molecule has 0 saturated heterocycles. The van der Waals surface area contributed by atoms with Gasteiger partial charge in [0, 0.05) is 10.5 Å². The number of hydrogen-bond acceptors (Lipinski definition) is 2. The van der Waals surface area contributed by atoms with Gasteiger partial charge in [0.1, 0.15) is 0 Å². The van der Waals surface area contributed by atoms with Crippen LogP contribution in [-0.4, -0.2) is 10.5 Å². The summed E-state index contributed by atoms with van der Waals surface area (Å²) < 4.78 is 0. The van der Waals surface area contributed by atoms with Crippen molar-refractivity contribution in [3.05, 3.63) is 0 Å². The summed E-state index contributed by atoms with van der Waals surface area (Å²) in [6, 6.07) is 0. The average molecular weight is 176 g/mol. The molecule has 1 aliphatic carbocycles. The van der Waals surface area contributed by atoms with Crippen molar-refractivity contribution in [3.8, 4) is 0 Å². The van der Waals surface area contributed by atoms with Crippen molar-refractivity contribution in [2.24, 2.45) is 5.92 Å². The molecule has 3 unspecified atom stereocenters. The SMILES string of the molecule is CCCC1CCC(S)C1S. The Bertz CT molecular complexity index is 101. The summed E-state index contributed by atoms with van der Waals surface area (Å²) in [6.07, 6.45) is 5.24. The Balaban J connectivity index is 2.33. The molecule has 0 amide bonds. The third-order valence-electron chi connectivity index (χ3n) is 2.37. The summed E-state index contributed by atoms with van der Waals surface area (Å²) in [6.45, 7) is 2.24. The third-order valence-corrected chi connectivity index (χ3v) is 3.97. The first-order valence-corrected chi connectivity index (χ1v) is 5.15. The predicted octanol–water partition coefficient (Wildman–Crippen LogP) is 2.79. The van der Waals surface area contributed by atoms with Crippen molar-refractivity contribution < 1.29 is 0 Å². The van der Waals surface area contributed by atoms with Gasteiger partial charge in [-0.05, 0) is 25.2 Å². The largest absolute Gasteiger partial charge is 0.175 e. The molecular weight excluding hydrogens is 160 g/mol. The molecule has 1 fully saturated rings. The molecule has 0 heterocycles. The molecule has 1 saturated carbocycles. The number of thiol groups is 2. The van der Waals surface area contributed by atoms with E-state index >= 15 is 0 Å². The van der Waals surface area contributed by atoms with Crippen LogP contribution >= 0.6 is 25.3 Å². The van der Waals surface area contributed by atoms with E-state index < -0.39 is 0 Å². The van der Waals surface area contributed by atoms with Crippen LogP contribution in [0.5, 0.6) is 0 Å². The van der Waals surface area contributed by atoms with Crippen LogP contribution < -0.4 is 0 Å².